The number of nitrogens with zero attached hydrogens (tertiary/aromatic N) is 1. The summed E-state index contributed by atoms with van der Waals surface area (Å²) >= 11 is 0.105. The number of aromatic carboxylic acids is 1. The van der Waals surface area contributed by atoms with Crippen molar-refractivity contribution in [3.8, 4) is 0 Å². The summed E-state index contributed by atoms with van der Waals surface area (Å²) in [5, 5.41) is 8.02. The van der Waals surface area contributed by atoms with Gasteiger partial charge in [0.2, 0.25) is 0 Å². The van der Waals surface area contributed by atoms with Crippen molar-refractivity contribution in [1.29, 1.82) is 0 Å². The van der Waals surface area contributed by atoms with Gasteiger partial charge in [0.05, 0.1) is 5.01 Å². The van der Waals surface area contributed by atoms with Gasteiger partial charge in [-0.3, -0.25) is 0 Å². The van der Waals surface area contributed by atoms with E-state index < -0.39 is 46.7 Å². The summed E-state index contributed by atoms with van der Waals surface area (Å²) in [4.78, 5) is 12.4. The summed E-state index contributed by atoms with van der Waals surface area (Å²) in [6.45, 7) is 0. The Bertz CT molecular complexity index is 449. The Morgan fingerprint density at radius 3 is 2.11 bits per heavy atom. The lowest BCUT2D eigenvalue weighted by Gasteiger charge is -2.03. The van der Waals surface area contributed by atoms with Crippen molar-refractivity contribution in [2.75, 3.05) is 0 Å². The molecule has 0 unspecified atom stereocenters. The van der Waals surface area contributed by atoms with E-state index in [0.717, 1.165) is 0 Å². The fourth-order valence-electron chi connectivity index (χ4n) is 1.06. The maximum absolute atomic E-state index is 12.4. The van der Waals surface area contributed by atoms with E-state index in [9.17, 15) is 31.1 Å². The number of thiazole rings is 1. The van der Waals surface area contributed by atoms with E-state index in [4.69, 9.17) is 5.11 Å². The van der Waals surface area contributed by atoms with Crippen molar-refractivity contribution in [2.45, 2.75) is 25.2 Å². The van der Waals surface area contributed by atoms with E-state index in [0.29, 0.717) is 0 Å². The van der Waals surface area contributed by atoms with Crippen LogP contribution in [0.3, 0.4) is 0 Å². The van der Waals surface area contributed by atoms with Crippen LogP contribution >= 0.6 is 11.3 Å². The van der Waals surface area contributed by atoms with Gasteiger partial charge in [-0.05, 0) is 0 Å². The van der Waals surface area contributed by atoms with Crippen molar-refractivity contribution in [1.82, 2.24) is 4.98 Å². The fraction of sp³-hybridized carbons (Fsp3) is 0.500. The van der Waals surface area contributed by atoms with Crippen LogP contribution in [0.15, 0.2) is 0 Å². The molecular weight excluding hydrogens is 288 g/mol. The SMILES string of the molecule is O=C(O)c1sc(CCC(F)(F)F)nc1C(F)(F)F. The molecule has 0 aliphatic heterocycles. The Kier molecular flexibility index (Phi) is 3.89. The standard InChI is InChI=1S/C8H5F6NO2S/c9-7(10,11)2-1-3-15-5(8(12,13)14)4(18-3)6(16)17/h1-2H2,(H,16,17). The van der Waals surface area contributed by atoms with Gasteiger partial charge >= 0.3 is 18.3 Å². The third kappa shape index (κ3) is 3.86. The maximum Gasteiger partial charge on any atom is 0.435 e. The first-order valence-electron chi connectivity index (χ1n) is 4.37. The average molecular weight is 293 g/mol. The molecule has 1 N–H and O–H groups in total. The smallest absolute Gasteiger partial charge is 0.435 e. The number of aromatic nitrogens is 1. The zero-order valence-corrected chi connectivity index (χ0v) is 9.21. The van der Waals surface area contributed by atoms with Crippen LogP contribution in [0.2, 0.25) is 0 Å². The number of hydrogen-bond acceptors (Lipinski definition) is 3. The molecule has 0 aromatic carbocycles. The largest absolute Gasteiger partial charge is 0.477 e. The first kappa shape index (κ1) is 14.7. The molecule has 0 saturated heterocycles. The lowest BCUT2D eigenvalue weighted by molar-refractivity contribution is -0.141. The van der Waals surface area contributed by atoms with Crippen LogP contribution in [0.4, 0.5) is 26.3 Å². The summed E-state index contributed by atoms with van der Waals surface area (Å²) < 4.78 is 72.7. The van der Waals surface area contributed by atoms with E-state index in [1.807, 2.05) is 0 Å². The van der Waals surface area contributed by atoms with Crippen molar-refractivity contribution >= 4 is 17.3 Å². The molecule has 10 heteroatoms. The van der Waals surface area contributed by atoms with Gasteiger partial charge in [-0.25, -0.2) is 9.78 Å². The molecule has 0 amide bonds. The fourth-order valence-corrected chi connectivity index (χ4v) is 1.98. The first-order valence-corrected chi connectivity index (χ1v) is 5.19. The van der Waals surface area contributed by atoms with Gasteiger partial charge in [-0.1, -0.05) is 0 Å². The van der Waals surface area contributed by atoms with Gasteiger partial charge in [-0.15, -0.1) is 11.3 Å². The predicted molar refractivity (Wildman–Crippen MR) is 48.5 cm³/mol. The van der Waals surface area contributed by atoms with E-state index in [2.05, 4.69) is 4.98 Å². The number of aryl methyl sites for hydroxylation is 1. The van der Waals surface area contributed by atoms with Crippen molar-refractivity contribution in [2.24, 2.45) is 0 Å². The van der Waals surface area contributed by atoms with Crippen molar-refractivity contribution in [3.63, 3.8) is 0 Å². The number of hydrogen-bond donors (Lipinski definition) is 1. The molecule has 0 aliphatic rings. The topological polar surface area (TPSA) is 50.2 Å². The second-order valence-corrected chi connectivity index (χ2v) is 4.29. The quantitative estimate of drug-likeness (QED) is 0.869. The van der Waals surface area contributed by atoms with Gasteiger partial charge in [-0.2, -0.15) is 26.3 Å². The highest BCUT2D eigenvalue weighted by molar-refractivity contribution is 7.13. The Hall–Kier alpha value is -1.32. The van der Waals surface area contributed by atoms with Gasteiger partial charge in [0.1, 0.15) is 4.88 Å². The number of alkyl halides is 6. The Morgan fingerprint density at radius 2 is 1.78 bits per heavy atom. The number of rotatable bonds is 3. The van der Waals surface area contributed by atoms with Gasteiger partial charge in [0, 0.05) is 12.8 Å². The molecule has 0 saturated carbocycles. The second-order valence-electron chi connectivity index (χ2n) is 3.20. The highest BCUT2D eigenvalue weighted by atomic mass is 32.1. The third-order valence-electron chi connectivity index (χ3n) is 1.76. The maximum atomic E-state index is 12.4. The van der Waals surface area contributed by atoms with E-state index in [1.165, 1.54) is 0 Å². The van der Waals surface area contributed by atoms with Crippen LogP contribution in [0.1, 0.15) is 26.8 Å². The normalized spacial score (nSPS) is 12.8. The number of carbonyl (C=O) groups is 1. The summed E-state index contributed by atoms with van der Waals surface area (Å²) in [5.41, 5.74) is -1.66. The average Bonchev–Trinajstić information content (AvgIpc) is 2.56. The van der Waals surface area contributed by atoms with E-state index in [-0.39, 0.29) is 11.3 Å². The number of carboxylic acid groups (broad SMARTS) is 1. The van der Waals surface area contributed by atoms with Crippen molar-refractivity contribution in [3.05, 3.63) is 15.6 Å². The van der Waals surface area contributed by atoms with Gasteiger partial charge in [0.25, 0.3) is 0 Å². The van der Waals surface area contributed by atoms with E-state index >= 15 is 0 Å². The van der Waals surface area contributed by atoms with Crippen molar-refractivity contribution < 1.29 is 36.2 Å². The molecule has 0 fully saturated rings. The molecule has 18 heavy (non-hydrogen) atoms. The molecule has 1 heterocycles. The minimum atomic E-state index is -5.00. The lowest BCUT2D eigenvalue weighted by atomic mass is 10.3. The molecule has 0 spiro atoms. The van der Waals surface area contributed by atoms with Crippen LogP contribution in [-0.4, -0.2) is 22.2 Å². The monoisotopic (exact) mass is 293 g/mol. The zero-order chi connectivity index (χ0) is 14.1. The Balaban J connectivity index is 3.00. The molecular formula is C8H5F6NO2S. The summed E-state index contributed by atoms with van der Waals surface area (Å²) in [7, 11) is 0. The van der Waals surface area contributed by atoms with Crippen LogP contribution in [0.25, 0.3) is 0 Å². The van der Waals surface area contributed by atoms with Crippen LogP contribution in [0, 0.1) is 0 Å². The molecule has 1 aromatic rings. The first-order chi connectivity index (χ1) is 8.00. The number of halogens is 6. The molecule has 102 valence electrons. The summed E-state index contributed by atoms with van der Waals surface area (Å²) in [6, 6.07) is 0. The molecule has 3 nitrogen and oxygen atoms in total. The Labute approximate surface area is 100 Å². The van der Waals surface area contributed by atoms with Crippen LogP contribution in [-0.2, 0) is 12.6 Å². The Morgan fingerprint density at radius 1 is 1.22 bits per heavy atom. The third-order valence-corrected chi connectivity index (χ3v) is 2.86. The highest BCUT2D eigenvalue weighted by Gasteiger charge is 2.40. The van der Waals surface area contributed by atoms with E-state index in [1.54, 1.807) is 0 Å². The predicted octanol–water partition coefficient (Wildman–Crippen LogP) is 3.36. The molecule has 0 bridgehead atoms. The molecule has 0 radical (unpaired) electrons. The molecule has 1 aromatic heterocycles. The van der Waals surface area contributed by atoms with Crippen LogP contribution in [0.5, 0.6) is 0 Å². The number of carboxylic acids is 1. The lowest BCUT2D eigenvalue weighted by Crippen LogP contribution is -2.12. The van der Waals surface area contributed by atoms with Crippen LogP contribution < -0.4 is 0 Å². The second kappa shape index (κ2) is 4.75. The van der Waals surface area contributed by atoms with Gasteiger partial charge in [0.15, 0.2) is 5.69 Å². The molecule has 0 aliphatic carbocycles. The van der Waals surface area contributed by atoms with Gasteiger partial charge < -0.3 is 5.11 Å². The summed E-state index contributed by atoms with van der Waals surface area (Å²) in [6.07, 6.45) is -11.7. The zero-order valence-electron chi connectivity index (χ0n) is 8.39. The summed E-state index contributed by atoms with van der Waals surface area (Å²) in [5.74, 6) is -1.86. The minimum absolute atomic E-state index is 0.105. The minimum Gasteiger partial charge on any atom is -0.477 e. The highest BCUT2D eigenvalue weighted by Crippen LogP contribution is 2.35. The molecule has 0 atom stereocenters. The molecule has 1 rings (SSSR count).